The summed E-state index contributed by atoms with van der Waals surface area (Å²) in [7, 11) is 0. The van der Waals surface area contributed by atoms with Crippen molar-refractivity contribution in [3.05, 3.63) is 81.1 Å². The van der Waals surface area contributed by atoms with Crippen LogP contribution in [-0.2, 0) is 0 Å². The van der Waals surface area contributed by atoms with Crippen LogP contribution in [0.15, 0.2) is 75.6 Å². The van der Waals surface area contributed by atoms with E-state index in [1.807, 2.05) is 60.0 Å². The normalized spacial score (nSPS) is 11.0. The average molecular weight is 383 g/mol. The topological polar surface area (TPSA) is 34.9 Å². The van der Waals surface area contributed by atoms with Crippen molar-refractivity contribution in [3.8, 4) is 16.8 Å². The lowest BCUT2D eigenvalue weighted by atomic mass is 10.1. The number of aromatic nitrogens is 2. The van der Waals surface area contributed by atoms with Gasteiger partial charge in [-0.25, -0.2) is 4.98 Å². The molecule has 0 spiro atoms. The number of hydrogen-bond acceptors (Lipinski definition) is 3. The van der Waals surface area contributed by atoms with Crippen molar-refractivity contribution in [2.75, 3.05) is 0 Å². The predicted octanol–water partition coefficient (Wildman–Crippen LogP) is 4.88. The summed E-state index contributed by atoms with van der Waals surface area (Å²) >= 11 is 4.93. The Morgan fingerprint density at radius 2 is 1.74 bits per heavy atom. The maximum Gasteiger partial charge on any atom is 0.267 e. The van der Waals surface area contributed by atoms with Crippen LogP contribution in [0.1, 0.15) is 0 Å². The minimum Gasteiger partial charge on any atom is -0.268 e. The molecule has 2 aromatic heterocycles. The lowest BCUT2D eigenvalue weighted by Crippen LogP contribution is -2.18. The largest absolute Gasteiger partial charge is 0.268 e. The average Bonchev–Trinajstić information content (AvgIpc) is 3.02. The van der Waals surface area contributed by atoms with E-state index < -0.39 is 0 Å². The number of benzene rings is 2. The molecule has 2 aromatic carbocycles. The Bertz CT molecular complexity index is 1040. The van der Waals surface area contributed by atoms with Crippen molar-refractivity contribution in [3.63, 3.8) is 0 Å². The molecule has 0 saturated carbocycles. The fraction of sp³-hybridized carbons (Fsp3) is 0. The molecule has 0 bridgehead atoms. The summed E-state index contributed by atoms with van der Waals surface area (Å²) < 4.78 is 2.61. The lowest BCUT2D eigenvalue weighted by molar-refractivity contribution is 0.967. The third-order valence-corrected chi connectivity index (χ3v) is 5.10. The zero-order valence-electron chi connectivity index (χ0n) is 11.9. The number of rotatable bonds is 2. The van der Waals surface area contributed by atoms with E-state index in [-0.39, 0.29) is 5.56 Å². The van der Waals surface area contributed by atoms with Gasteiger partial charge in [0, 0.05) is 15.4 Å². The van der Waals surface area contributed by atoms with Crippen molar-refractivity contribution < 1.29 is 0 Å². The van der Waals surface area contributed by atoms with Gasteiger partial charge in [0.2, 0.25) is 0 Å². The molecule has 0 unspecified atom stereocenters. The Labute approximate surface area is 145 Å². The van der Waals surface area contributed by atoms with E-state index in [4.69, 9.17) is 0 Å². The summed E-state index contributed by atoms with van der Waals surface area (Å²) in [6.07, 6.45) is 1.60. The summed E-state index contributed by atoms with van der Waals surface area (Å²) in [5, 5.41) is 2.67. The second-order valence-electron chi connectivity index (χ2n) is 5.09. The second kappa shape index (κ2) is 5.76. The van der Waals surface area contributed by atoms with Gasteiger partial charge in [0.25, 0.3) is 5.56 Å². The summed E-state index contributed by atoms with van der Waals surface area (Å²) in [5.41, 5.74) is 2.73. The maximum atomic E-state index is 13.0. The summed E-state index contributed by atoms with van der Waals surface area (Å²) in [4.78, 5) is 18.2. The van der Waals surface area contributed by atoms with Crippen molar-refractivity contribution in [1.82, 2.24) is 9.55 Å². The van der Waals surface area contributed by atoms with Gasteiger partial charge in [0.05, 0.1) is 11.1 Å². The third-order valence-electron chi connectivity index (χ3n) is 3.68. The maximum absolute atomic E-state index is 13.0. The first-order valence-electron chi connectivity index (χ1n) is 7.04. The van der Waals surface area contributed by atoms with Crippen LogP contribution in [0, 0.1) is 0 Å². The van der Waals surface area contributed by atoms with Gasteiger partial charge in [0.1, 0.15) is 11.2 Å². The Morgan fingerprint density at radius 3 is 2.48 bits per heavy atom. The molecule has 3 nitrogen and oxygen atoms in total. The first-order chi connectivity index (χ1) is 11.2. The van der Waals surface area contributed by atoms with E-state index >= 15 is 0 Å². The molecule has 0 aliphatic heterocycles. The molecular formula is C18H11BrN2OS. The molecule has 5 heteroatoms. The van der Waals surface area contributed by atoms with Crippen LogP contribution in [0.3, 0.4) is 0 Å². The molecule has 0 saturated heterocycles. The van der Waals surface area contributed by atoms with E-state index in [1.165, 1.54) is 11.3 Å². The van der Waals surface area contributed by atoms with Crippen LogP contribution in [-0.4, -0.2) is 9.55 Å². The molecule has 4 rings (SSSR count). The van der Waals surface area contributed by atoms with Gasteiger partial charge >= 0.3 is 0 Å². The van der Waals surface area contributed by atoms with Gasteiger partial charge < -0.3 is 0 Å². The zero-order valence-corrected chi connectivity index (χ0v) is 14.3. The van der Waals surface area contributed by atoms with Crippen LogP contribution < -0.4 is 5.56 Å². The van der Waals surface area contributed by atoms with Gasteiger partial charge in [0.15, 0.2) is 0 Å². The Morgan fingerprint density at radius 1 is 1.00 bits per heavy atom. The number of halogens is 1. The van der Waals surface area contributed by atoms with Crippen molar-refractivity contribution in [2.24, 2.45) is 0 Å². The van der Waals surface area contributed by atoms with Crippen LogP contribution in [0.25, 0.3) is 27.0 Å². The Balaban J connectivity index is 1.98. The fourth-order valence-electron chi connectivity index (χ4n) is 2.55. The number of thiophene rings is 1. The van der Waals surface area contributed by atoms with Crippen molar-refractivity contribution in [1.29, 1.82) is 0 Å². The van der Waals surface area contributed by atoms with Crippen LogP contribution in [0.4, 0.5) is 0 Å². The number of para-hydroxylation sites is 1. The van der Waals surface area contributed by atoms with E-state index in [0.717, 1.165) is 26.1 Å². The number of nitrogens with zero attached hydrogens (tertiary/aromatic N) is 2. The minimum absolute atomic E-state index is 0.0413. The first kappa shape index (κ1) is 14.4. The SMILES string of the molecule is O=c1c2c(-c3ccc(Br)cc3)csc2ncn1-c1ccccc1. The van der Waals surface area contributed by atoms with Crippen molar-refractivity contribution in [2.45, 2.75) is 0 Å². The number of hydrogen-bond donors (Lipinski definition) is 0. The van der Waals surface area contributed by atoms with Gasteiger partial charge in [-0.1, -0.05) is 46.3 Å². The predicted molar refractivity (Wildman–Crippen MR) is 98.4 cm³/mol. The van der Waals surface area contributed by atoms with E-state index in [2.05, 4.69) is 20.9 Å². The van der Waals surface area contributed by atoms with Crippen LogP contribution in [0.5, 0.6) is 0 Å². The molecule has 0 N–H and O–H groups in total. The molecular weight excluding hydrogens is 372 g/mol. The highest BCUT2D eigenvalue weighted by molar-refractivity contribution is 9.10. The molecule has 0 radical (unpaired) electrons. The lowest BCUT2D eigenvalue weighted by Gasteiger charge is -2.06. The molecule has 2 heterocycles. The molecule has 0 amide bonds. The monoisotopic (exact) mass is 382 g/mol. The summed E-state index contributed by atoms with van der Waals surface area (Å²) in [6, 6.07) is 17.5. The van der Waals surface area contributed by atoms with Gasteiger partial charge in [-0.05, 0) is 29.8 Å². The fourth-order valence-corrected chi connectivity index (χ4v) is 3.72. The van der Waals surface area contributed by atoms with E-state index in [9.17, 15) is 4.79 Å². The van der Waals surface area contributed by atoms with E-state index in [1.54, 1.807) is 10.9 Å². The summed E-state index contributed by atoms with van der Waals surface area (Å²) in [5.74, 6) is 0. The molecule has 4 aromatic rings. The molecule has 0 atom stereocenters. The highest BCUT2D eigenvalue weighted by atomic mass is 79.9. The molecule has 0 fully saturated rings. The van der Waals surface area contributed by atoms with Gasteiger partial charge in [-0.15, -0.1) is 11.3 Å². The molecule has 112 valence electrons. The van der Waals surface area contributed by atoms with E-state index in [0.29, 0.717) is 5.39 Å². The smallest absolute Gasteiger partial charge is 0.267 e. The standard InChI is InChI=1S/C18H11BrN2OS/c19-13-8-6-12(7-9-13)15-10-23-17-16(15)18(22)21(11-20-17)14-4-2-1-3-5-14/h1-11H. The molecule has 23 heavy (non-hydrogen) atoms. The molecule has 0 aliphatic carbocycles. The summed E-state index contributed by atoms with van der Waals surface area (Å²) in [6.45, 7) is 0. The minimum atomic E-state index is -0.0413. The highest BCUT2D eigenvalue weighted by Crippen LogP contribution is 2.31. The van der Waals surface area contributed by atoms with Crippen molar-refractivity contribution >= 4 is 37.5 Å². The Kier molecular flexibility index (Phi) is 3.59. The zero-order chi connectivity index (χ0) is 15.8. The van der Waals surface area contributed by atoms with Crippen LogP contribution >= 0.6 is 27.3 Å². The second-order valence-corrected chi connectivity index (χ2v) is 6.87. The van der Waals surface area contributed by atoms with Gasteiger partial charge in [-0.2, -0.15) is 0 Å². The third kappa shape index (κ3) is 2.52. The Hall–Kier alpha value is -2.24. The highest BCUT2D eigenvalue weighted by Gasteiger charge is 2.13. The number of fused-ring (bicyclic) bond motifs is 1. The van der Waals surface area contributed by atoms with Crippen LogP contribution in [0.2, 0.25) is 0 Å². The molecule has 0 aliphatic rings. The van der Waals surface area contributed by atoms with Gasteiger partial charge in [-0.3, -0.25) is 9.36 Å². The quantitative estimate of drug-likeness (QED) is 0.495. The first-order valence-corrected chi connectivity index (χ1v) is 8.71.